The third-order valence-corrected chi connectivity index (χ3v) is 5.30. The smallest absolute Gasteiger partial charge is 0.234 e. The van der Waals surface area contributed by atoms with Crippen molar-refractivity contribution in [3.05, 3.63) is 70.7 Å². The highest BCUT2D eigenvalue weighted by molar-refractivity contribution is 7.99. The van der Waals surface area contributed by atoms with E-state index in [9.17, 15) is 4.79 Å². The molecule has 3 rings (SSSR count). The molecule has 1 heterocycles. The molecule has 3 nitrogen and oxygen atoms in total. The van der Waals surface area contributed by atoms with Crippen LogP contribution in [0, 0.1) is 0 Å². The summed E-state index contributed by atoms with van der Waals surface area (Å²) in [4.78, 5) is 16.3. The fraction of sp³-hybridized carbons (Fsp3) is 0.111. The Morgan fingerprint density at radius 1 is 1.21 bits per heavy atom. The minimum Gasteiger partial charge on any atom is -0.325 e. The van der Waals surface area contributed by atoms with Gasteiger partial charge in [0.05, 0.1) is 5.75 Å². The summed E-state index contributed by atoms with van der Waals surface area (Å²) in [7, 11) is 0. The second kappa shape index (κ2) is 8.33. The molecule has 0 aliphatic heterocycles. The molecule has 0 unspecified atom stereocenters. The van der Waals surface area contributed by atoms with Crippen molar-refractivity contribution in [3.63, 3.8) is 0 Å². The number of rotatable bonds is 6. The Morgan fingerprint density at radius 3 is 2.75 bits per heavy atom. The zero-order chi connectivity index (χ0) is 16.8. The second-order valence-corrected chi connectivity index (χ2v) is 7.40. The van der Waals surface area contributed by atoms with Crippen LogP contribution in [0.25, 0.3) is 10.6 Å². The minimum absolute atomic E-state index is 0.0102. The lowest BCUT2D eigenvalue weighted by Gasteiger charge is -2.06. The van der Waals surface area contributed by atoms with Crippen LogP contribution in [0.15, 0.2) is 60.1 Å². The van der Waals surface area contributed by atoms with Crippen LogP contribution in [0.3, 0.4) is 0 Å². The van der Waals surface area contributed by atoms with E-state index < -0.39 is 0 Å². The van der Waals surface area contributed by atoms with Crippen molar-refractivity contribution in [3.8, 4) is 10.6 Å². The van der Waals surface area contributed by atoms with E-state index >= 15 is 0 Å². The van der Waals surface area contributed by atoms with Gasteiger partial charge in [-0.05, 0) is 42.0 Å². The van der Waals surface area contributed by atoms with E-state index in [-0.39, 0.29) is 5.91 Å². The summed E-state index contributed by atoms with van der Waals surface area (Å²) in [5.74, 6) is 1.15. The topological polar surface area (TPSA) is 42.0 Å². The van der Waals surface area contributed by atoms with E-state index in [1.807, 2.05) is 53.9 Å². The van der Waals surface area contributed by atoms with Gasteiger partial charge in [0.2, 0.25) is 5.91 Å². The van der Waals surface area contributed by atoms with Crippen molar-refractivity contribution < 1.29 is 4.79 Å². The zero-order valence-electron chi connectivity index (χ0n) is 12.7. The van der Waals surface area contributed by atoms with Crippen LogP contribution in [-0.4, -0.2) is 16.6 Å². The number of halogens is 1. The van der Waals surface area contributed by atoms with Crippen molar-refractivity contribution in [1.29, 1.82) is 0 Å². The lowest BCUT2D eigenvalue weighted by molar-refractivity contribution is -0.113. The average molecular weight is 375 g/mol. The zero-order valence-corrected chi connectivity index (χ0v) is 15.1. The molecule has 0 saturated carbocycles. The van der Waals surface area contributed by atoms with E-state index in [1.165, 1.54) is 0 Å². The Labute approximate surface area is 154 Å². The molecule has 1 amide bonds. The molecule has 3 aromatic rings. The number of carbonyl (C=O) groups is 1. The van der Waals surface area contributed by atoms with Gasteiger partial charge in [-0.3, -0.25) is 4.79 Å². The van der Waals surface area contributed by atoms with Gasteiger partial charge >= 0.3 is 0 Å². The van der Waals surface area contributed by atoms with E-state index in [1.54, 1.807) is 29.3 Å². The van der Waals surface area contributed by atoms with Gasteiger partial charge in [-0.1, -0.05) is 23.7 Å². The van der Waals surface area contributed by atoms with Crippen molar-refractivity contribution in [2.24, 2.45) is 0 Å². The summed E-state index contributed by atoms with van der Waals surface area (Å²) >= 11 is 9.11. The van der Waals surface area contributed by atoms with Gasteiger partial charge in [0.15, 0.2) is 0 Å². The van der Waals surface area contributed by atoms with Crippen molar-refractivity contribution in [2.45, 2.75) is 5.75 Å². The SMILES string of the molecule is O=C(CSCc1cccc(Cl)c1)Nc1ccc(-c2nccs2)cc1. The molecule has 0 bridgehead atoms. The first-order valence-corrected chi connectivity index (χ1v) is 9.74. The Morgan fingerprint density at radius 2 is 2.04 bits per heavy atom. The number of hydrogen-bond acceptors (Lipinski definition) is 4. The number of hydrogen-bond donors (Lipinski definition) is 1. The number of thiazole rings is 1. The molecule has 2 aromatic carbocycles. The molecule has 1 N–H and O–H groups in total. The third kappa shape index (κ3) is 4.84. The Kier molecular flexibility index (Phi) is 5.91. The van der Waals surface area contributed by atoms with Gasteiger partial charge in [0.25, 0.3) is 0 Å². The fourth-order valence-electron chi connectivity index (χ4n) is 2.15. The van der Waals surface area contributed by atoms with E-state index in [0.717, 1.165) is 32.6 Å². The van der Waals surface area contributed by atoms with Gasteiger partial charge in [-0.15, -0.1) is 23.1 Å². The maximum atomic E-state index is 12.0. The van der Waals surface area contributed by atoms with Crippen LogP contribution >= 0.6 is 34.7 Å². The summed E-state index contributed by atoms with van der Waals surface area (Å²) in [6.07, 6.45) is 1.78. The van der Waals surface area contributed by atoms with Crippen LogP contribution < -0.4 is 5.32 Å². The van der Waals surface area contributed by atoms with Gasteiger partial charge < -0.3 is 5.32 Å². The molecule has 0 atom stereocenters. The number of benzene rings is 2. The molecule has 0 aliphatic carbocycles. The lowest BCUT2D eigenvalue weighted by Crippen LogP contribution is -2.14. The molecule has 0 aliphatic rings. The molecular weight excluding hydrogens is 360 g/mol. The Bertz CT molecular complexity index is 804. The second-order valence-electron chi connectivity index (χ2n) is 5.09. The minimum atomic E-state index is -0.0102. The number of thioether (sulfide) groups is 1. The normalized spacial score (nSPS) is 10.5. The Hall–Kier alpha value is -1.82. The predicted octanol–water partition coefficient (Wildman–Crippen LogP) is 5.34. The molecule has 0 fully saturated rings. The predicted molar refractivity (Wildman–Crippen MR) is 104 cm³/mol. The van der Waals surface area contributed by atoms with Gasteiger partial charge in [-0.25, -0.2) is 4.98 Å². The van der Waals surface area contributed by atoms with E-state index in [2.05, 4.69) is 10.3 Å². The summed E-state index contributed by atoms with van der Waals surface area (Å²) in [6, 6.07) is 15.4. The van der Waals surface area contributed by atoms with Crippen LogP contribution in [0.5, 0.6) is 0 Å². The summed E-state index contributed by atoms with van der Waals surface area (Å²) in [5, 5.41) is 6.55. The van der Waals surface area contributed by atoms with Crippen LogP contribution in [-0.2, 0) is 10.5 Å². The van der Waals surface area contributed by atoms with Gasteiger partial charge in [-0.2, -0.15) is 0 Å². The number of anilines is 1. The van der Waals surface area contributed by atoms with Crippen LogP contribution in [0.2, 0.25) is 5.02 Å². The van der Waals surface area contributed by atoms with Crippen molar-refractivity contribution >= 4 is 46.3 Å². The summed E-state index contributed by atoms with van der Waals surface area (Å²) in [5.41, 5.74) is 2.97. The molecular formula is C18H15ClN2OS2. The monoisotopic (exact) mass is 374 g/mol. The van der Waals surface area contributed by atoms with Crippen LogP contribution in [0.1, 0.15) is 5.56 Å². The third-order valence-electron chi connectivity index (χ3n) is 3.24. The summed E-state index contributed by atoms with van der Waals surface area (Å²) in [6.45, 7) is 0. The summed E-state index contributed by atoms with van der Waals surface area (Å²) < 4.78 is 0. The maximum absolute atomic E-state index is 12.0. The molecule has 0 saturated heterocycles. The first kappa shape index (κ1) is 17.0. The maximum Gasteiger partial charge on any atom is 0.234 e. The number of nitrogens with zero attached hydrogens (tertiary/aromatic N) is 1. The highest BCUT2D eigenvalue weighted by Gasteiger charge is 2.05. The lowest BCUT2D eigenvalue weighted by atomic mass is 10.2. The fourth-order valence-corrected chi connectivity index (χ4v) is 3.78. The quantitative estimate of drug-likeness (QED) is 0.633. The number of nitrogens with one attached hydrogen (secondary N) is 1. The van der Waals surface area contributed by atoms with E-state index in [4.69, 9.17) is 11.6 Å². The Balaban J connectivity index is 1.48. The van der Waals surface area contributed by atoms with Gasteiger partial charge in [0.1, 0.15) is 5.01 Å². The van der Waals surface area contributed by atoms with Crippen LogP contribution in [0.4, 0.5) is 5.69 Å². The first-order valence-electron chi connectivity index (χ1n) is 7.33. The average Bonchev–Trinajstić information content (AvgIpc) is 3.10. The molecule has 122 valence electrons. The molecule has 0 spiro atoms. The highest BCUT2D eigenvalue weighted by Crippen LogP contribution is 2.23. The number of aromatic nitrogens is 1. The molecule has 6 heteroatoms. The standard InChI is InChI=1S/C18H15ClN2OS2/c19-15-3-1-2-13(10-15)11-23-12-17(22)21-16-6-4-14(5-7-16)18-20-8-9-24-18/h1-10H,11-12H2,(H,21,22). The molecule has 1 aromatic heterocycles. The first-order chi connectivity index (χ1) is 11.7. The highest BCUT2D eigenvalue weighted by atomic mass is 35.5. The molecule has 24 heavy (non-hydrogen) atoms. The number of carbonyl (C=O) groups excluding carboxylic acids is 1. The van der Waals surface area contributed by atoms with E-state index in [0.29, 0.717) is 5.75 Å². The number of amides is 1. The largest absolute Gasteiger partial charge is 0.325 e. The van der Waals surface area contributed by atoms with Crippen molar-refractivity contribution in [2.75, 3.05) is 11.1 Å². The molecule has 0 radical (unpaired) electrons. The van der Waals surface area contributed by atoms with Crippen molar-refractivity contribution in [1.82, 2.24) is 4.98 Å². The van der Waals surface area contributed by atoms with Gasteiger partial charge in [0, 0.05) is 33.6 Å².